The molecule has 2 N–H and O–H groups in total. The largest absolute Gasteiger partial charge is 0.327 e. The first-order valence-electron chi connectivity index (χ1n) is 4.23. The fraction of sp³-hybridized carbons (Fsp3) is 0.222. The van der Waals surface area contributed by atoms with Crippen LogP contribution in [-0.4, -0.2) is 25.7 Å². The van der Waals surface area contributed by atoms with Crippen LogP contribution in [0.1, 0.15) is 0 Å². The second-order valence-corrected chi connectivity index (χ2v) is 4.82. The van der Waals surface area contributed by atoms with E-state index in [1.165, 1.54) is 24.5 Å². The van der Waals surface area contributed by atoms with Gasteiger partial charge in [-0.1, -0.05) is 0 Å². The highest BCUT2D eigenvalue weighted by atomic mass is 35.5. The molecule has 98 valence electrons. The molecule has 1 aromatic rings. The van der Waals surface area contributed by atoms with Crippen molar-refractivity contribution >= 4 is 34.7 Å². The van der Waals surface area contributed by atoms with Crippen molar-refractivity contribution in [3.63, 3.8) is 0 Å². The Hall–Kier alpha value is -0.690. The van der Waals surface area contributed by atoms with Crippen LogP contribution in [0.25, 0.3) is 0 Å². The summed E-state index contributed by atoms with van der Waals surface area (Å²) >= 11 is 0. The van der Waals surface area contributed by atoms with E-state index in [-0.39, 0.29) is 36.3 Å². The Balaban J connectivity index is 0. The van der Waals surface area contributed by atoms with Gasteiger partial charge in [-0.3, -0.25) is 4.98 Å². The van der Waals surface area contributed by atoms with Crippen LogP contribution in [0.2, 0.25) is 0 Å². The summed E-state index contributed by atoms with van der Waals surface area (Å²) in [5.41, 5.74) is 5.07. The van der Waals surface area contributed by atoms with E-state index >= 15 is 0 Å². The smallest absolute Gasteiger partial charge is 0.184 e. The highest BCUT2D eigenvalue weighted by Gasteiger charge is 2.16. The lowest BCUT2D eigenvalue weighted by atomic mass is 10.5. The first-order chi connectivity index (χ1) is 7.06. The van der Waals surface area contributed by atoms with Gasteiger partial charge in [0.15, 0.2) is 9.84 Å². The molecule has 1 heterocycles. The minimum absolute atomic E-state index is 0. The van der Waals surface area contributed by atoms with Crippen LogP contribution in [0, 0.1) is 0 Å². The molecule has 0 saturated heterocycles. The maximum atomic E-state index is 13.0. The van der Waals surface area contributed by atoms with Crippen LogP contribution < -0.4 is 5.73 Å². The first-order valence-corrected chi connectivity index (χ1v) is 5.89. The molecule has 0 radical (unpaired) electrons. The Morgan fingerprint density at radius 1 is 1.35 bits per heavy atom. The first kappa shape index (κ1) is 18.7. The Labute approximate surface area is 112 Å². The van der Waals surface area contributed by atoms with E-state index in [1.807, 2.05) is 0 Å². The predicted molar refractivity (Wildman–Crippen MR) is 69.0 cm³/mol. The molecule has 0 aromatic carbocycles. The van der Waals surface area contributed by atoms with Gasteiger partial charge in [0.05, 0.1) is 4.90 Å². The summed E-state index contributed by atoms with van der Waals surface area (Å²) < 4.78 is 36.1. The number of nitrogens with two attached hydrogens (primary N) is 1. The minimum atomic E-state index is -3.62. The van der Waals surface area contributed by atoms with Crippen molar-refractivity contribution in [3.8, 4) is 0 Å². The van der Waals surface area contributed by atoms with Gasteiger partial charge in [0, 0.05) is 18.9 Å². The lowest BCUT2D eigenvalue weighted by molar-refractivity contribution is 0.583. The fourth-order valence-corrected chi connectivity index (χ4v) is 2.18. The zero-order valence-corrected chi connectivity index (χ0v) is 11.2. The quantitative estimate of drug-likeness (QED) is 0.915. The van der Waals surface area contributed by atoms with Gasteiger partial charge in [-0.05, 0) is 18.2 Å². The number of sulfone groups is 1. The molecule has 8 heteroatoms. The van der Waals surface area contributed by atoms with Crippen LogP contribution in [0.5, 0.6) is 0 Å². The van der Waals surface area contributed by atoms with Crippen molar-refractivity contribution in [2.45, 2.75) is 4.90 Å². The van der Waals surface area contributed by atoms with Crippen molar-refractivity contribution in [3.05, 3.63) is 36.4 Å². The summed E-state index contributed by atoms with van der Waals surface area (Å²) in [7, 11) is -3.62. The molecule has 1 rings (SSSR count). The average Bonchev–Trinajstić information content (AvgIpc) is 2.18. The zero-order chi connectivity index (χ0) is 11.3. The van der Waals surface area contributed by atoms with Crippen LogP contribution in [0.4, 0.5) is 4.39 Å². The molecule has 0 amide bonds. The molecule has 0 atom stereocenters. The van der Waals surface area contributed by atoms with E-state index in [9.17, 15) is 12.8 Å². The van der Waals surface area contributed by atoms with Gasteiger partial charge in [0.25, 0.3) is 0 Å². The number of rotatable bonds is 4. The molecule has 0 aliphatic heterocycles. The zero-order valence-electron chi connectivity index (χ0n) is 8.74. The SMILES string of the molecule is Cl.Cl.NC/C=C(\F)CS(=O)(=O)c1ccncc1. The van der Waals surface area contributed by atoms with Gasteiger partial charge in [0.2, 0.25) is 0 Å². The molecular weight excluding hydrogens is 290 g/mol. The number of aromatic nitrogens is 1. The Kier molecular flexibility index (Phi) is 9.23. The van der Waals surface area contributed by atoms with E-state index < -0.39 is 21.4 Å². The third kappa shape index (κ3) is 5.97. The van der Waals surface area contributed by atoms with Crippen molar-refractivity contribution < 1.29 is 12.8 Å². The minimum Gasteiger partial charge on any atom is -0.327 e. The van der Waals surface area contributed by atoms with Crippen LogP contribution in [0.3, 0.4) is 0 Å². The number of nitrogens with zero attached hydrogens (tertiary/aromatic N) is 1. The molecule has 0 saturated carbocycles. The number of pyridine rings is 1. The Morgan fingerprint density at radius 2 is 1.88 bits per heavy atom. The fourth-order valence-electron chi connectivity index (χ4n) is 0.997. The van der Waals surface area contributed by atoms with Gasteiger partial charge < -0.3 is 5.73 Å². The van der Waals surface area contributed by atoms with E-state index in [0.29, 0.717) is 0 Å². The molecule has 0 spiro atoms. The molecule has 0 unspecified atom stereocenters. The molecule has 17 heavy (non-hydrogen) atoms. The summed E-state index contributed by atoms with van der Waals surface area (Å²) in [6.45, 7) is -0.0162. The second-order valence-electron chi connectivity index (χ2n) is 2.83. The summed E-state index contributed by atoms with van der Waals surface area (Å²) in [5.74, 6) is -1.40. The predicted octanol–water partition coefficient (Wildman–Crippen LogP) is 1.51. The van der Waals surface area contributed by atoms with Gasteiger partial charge in [-0.15, -0.1) is 24.8 Å². The molecule has 0 aliphatic carbocycles. The second kappa shape index (κ2) is 8.41. The lowest BCUT2D eigenvalue weighted by Crippen LogP contribution is -2.08. The van der Waals surface area contributed by atoms with Gasteiger partial charge >= 0.3 is 0 Å². The summed E-state index contributed by atoms with van der Waals surface area (Å²) in [4.78, 5) is 3.74. The number of halogens is 3. The summed E-state index contributed by atoms with van der Waals surface area (Å²) in [6.07, 6.45) is 3.73. The van der Waals surface area contributed by atoms with Crippen molar-refractivity contribution in [2.24, 2.45) is 5.73 Å². The number of hydrogen-bond acceptors (Lipinski definition) is 4. The molecular formula is C9H13Cl2FN2O2S. The lowest BCUT2D eigenvalue weighted by Gasteiger charge is -2.01. The summed E-state index contributed by atoms with van der Waals surface area (Å²) in [5, 5.41) is 0. The molecule has 0 aliphatic rings. The van der Waals surface area contributed by atoms with Crippen LogP contribution >= 0.6 is 24.8 Å². The normalized spacial score (nSPS) is 11.3. The molecule has 0 fully saturated rings. The standard InChI is InChI=1S/C9H11FN2O2S.2ClH/c10-8(1-4-11)7-15(13,14)9-2-5-12-6-3-9;;/h1-3,5-6H,4,7,11H2;2*1H/b8-1-;;. The Morgan fingerprint density at radius 3 is 2.35 bits per heavy atom. The van der Waals surface area contributed by atoms with Crippen LogP contribution in [0.15, 0.2) is 41.3 Å². The highest BCUT2D eigenvalue weighted by molar-refractivity contribution is 7.91. The number of hydrogen-bond donors (Lipinski definition) is 1. The monoisotopic (exact) mass is 302 g/mol. The van der Waals surface area contributed by atoms with Crippen LogP contribution in [-0.2, 0) is 9.84 Å². The Bertz CT molecular complexity index is 451. The third-order valence-corrected chi connectivity index (χ3v) is 3.32. The average molecular weight is 303 g/mol. The maximum Gasteiger partial charge on any atom is 0.184 e. The van der Waals surface area contributed by atoms with Crippen molar-refractivity contribution in [1.29, 1.82) is 0 Å². The molecule has 0 bridgehead atoms. The third-order valence-electron chi connectivity index (χ3n) is 1.68. The molecule has 1 aromatic heterocycles. The van der Waals surface area contributed by atoms with E-state index in [0.717, 1.165) is 6.08 Å². The van der Waals surface area contributed by atoms with E-state index in [4.69, 9.17) is 5.73 Å². The summed E-state index contributed by atoms with van der Waals surface area (Å²) in [6, 6.07) is 2.65. The van der Waals surface area contributed by atoms with Gasteiger partial charge in [-0.25, -0.2) is 12.8 Å². The van der Waals surface area contributed by atoms with Crippen molar-refractivity contribution in [1.82, 2.24) is 4.98 Å². The molecule has 4 nitrogen and oxygen atoms in total. The van der Waals surface area contributed by atoms with Gasteiger partial charge in [0.1, 0.15) is 11.6 Å². The van der Waals surface area contributed by atoms with Gasteiger partial charge in [-0.2, -0.15) is 0 Å². The van der Waals surface area contributed by atoms with E-state index in [2.05, 4.69) is 4.98 Å². The topological polar surface area (TPSA) is 73.1 Å². The maximum absolute atomic E-state index is 13.0. The van der Waals surface area contributed by atoms with Crippen molar-refractivity contribution in [2.75, 3.05) is 12.3 Å². The van der Waals surface area contributed by atoms with E-state index in [1.54, 1.807) is 0 Å². The highest BCUT2D eigenvalue weighted by Crippen LogP contribution is 2.12.